The summed E-state index contributed by atoms with van der Waals surface area (Å²) < 4.78 is 33.3. The number of benzene rings is 2. The van der Waals surface area contributed by atoms with Gasteiger partial charge < -0.3 is 14.8 Å². The Bertz CT molecular complexity index is 931. The van der Waals surface area contributed by atoms with Gasteiger partial charge in [-0.15, -0.1) is 0 Å². The SMILES string of the molecule is COc1ccc(CCN(C)CC(=O)Nc2cccc(S(N)(=O)=O)c2)cc1OC. The highest BCUT2D eigenvalue weighted by molar-refractivity contribution is 7.89. The normalized spacial score (nSPS) is 11.3. The number of sulfonamides is 1. The number of nitrogens with one attached hydrogen (secondary N) is 1. The molecule has 9 heteroatoms. The van der Waals surface area contributed by atoms with Crippen molar-refractivity contribution in [3.05, 3.63) is 48.0 Å². The van der Waals surface area contributed by atoms with Crippen molar-refractivity contribution in [2.45, 2.75) is 11.3 Å². The highest BCUT2D eigenvalue weighted by atomic mass is 32.2. The van der Waals surface area contributed by atoms with E-state index in [0.29, 0.717) is 23.7 Å². The van der Waals surface area contributed by atoms with Gasteiger partial charge in [-0.05, 0) is 49.4 Å². The molecule has 1 amide bonds. The highest BCUT2D eigenvalue weighted by Crippen LogP contribution is 2.27. The van der Waals surface area contributed by atoms with Crippen molar-refractivity contribution in [3.8, 4) is 11.5 Å². The Morgan fingerprint density at radius 2 is 1.82 bits per heavy atom. The summed E-state index contributed by atoms with van der Waals surface area (Å²) in [5.41, 5.74) is 1.44. The maximum Gasteiger partial charge on any atom is 0.238 e. The Balaban J connectivity index is 1.89. The highest BCUT2D eigenvalue weighted by Gasteiger charge is 2.11. The van der Waals surface area contributed by atoms with Gasteiger partial charge in [-0.2, -0.15) is 0 Å². The molecule has 0 aliphatic carbocycles. The van der Waals surface area contributed by atoms with Crippen LogP contribution < -0.4 is 19.9 Å². The number of rotatable bonds is 9. The molecule has 2 rings (SSSR count). The maximum atomic E-state index is 12.2. The molecule has 0 aliphatic rings. The molecular formula is C19H25N3O5S. The minimum atomic E-state index is -3.82. The molecule has 0 aromatic heterocycles. The zero-order chi connectivity index (χ0) is 20.7. The Morgan fingerprint density at radius 1 is 1.11 bits per heavy atom. The predicted octanol–water partition coefficient (Wildman–Crippen LogP) is 1.46. The first-order valence-electron chi connectivity index (χ1n) is 8.55. The first-order chi connectivity index (χ1) is 13.2. The molecule has 0 spiro atoms. The van der Waals surface area contributed by atoms with Crippen molar-refractivity contribution in [1.82, 2.24) is 4.90 Å². The minimum Gasteiger partial charge on any atom is -0.493 e. The van der Waals surface area contributed by atoms with Gasteiger partial charge in [0.1, 0.15) is 0 Å². The minimum absolute atomic E-state index is 0.0490. The Morgan fingerprint density at radius 3 is 2.46 bits per heavy atom. The molecule has 0 radical (unpaired) electrons. The van der Waals surface area contributed by atoms with Crippen molar-refractivity contribution >= 4 is 21.6 Å². The van der Waals surface area contributed by atoms with Gasteiger partial charge in [0.05, 0.1) is 25.7 Å². The Hall–Kier alpha value is -2.62. The van der Waals surface area contributed by atoms with Crippen LogP contribution in [-0.4, -0.2) is 53.6 Å². The van der Waals surface area contributed by atoms with E-state index in [2.05, 4.69) is 5.32 Å². The number of primary sulfonamides is 1. The van der Waals surface area contributed by atoms with Crippen LogP contribution in [-0.2, 0) is 21.2 Å². The molecular weight excluding hydrogens is 382 g/mol. The molecule has 2 aromatic carbocycles. The topological polar surface area (TPSA) is 111 Å². The van der Waals surface area contributed by atoms with Crippen LogP contribution in [0.25, 0.3) is 0 Å². The molecule has 2 aromatic rings. The van der Waals surface area contributed by atoms with E-state index in [1.165, 1.54) is 18.2 Å². The van der Waals surface area contributed by atoms with Crippen LogP contribution >= 0.6 is 0 Å². The Labute approximate surface area is 165 Å². The molecule has 28 heavy (non-hydrogen) atoms. The van der Waals surface area contributed by atoms with Crippen molar-refractivity contribution in [2.24, 2.45) is 5.14 Å². The lowest BCUT2D eigenvalue weighted by Crippen LogP contribution is -2.31. The second-order valence-electron chi connectivity index (χ2n) is 6.30. The number of amides is 1. The number of likely N-dealkylation sites (N-methyl/N-ethyl adjacent to an activating group) is 1. The van der Waals surface area contributed by atoms with Crippen LogP contribution in [0.5, 0.6) is 11.5 Å². The van der Waals surface area contributed by atoms with Gasteiger partial charge in [-0.3, -0.25) is 9.69 Å². The molecule has 0 unspecified atom stereocenters. The number of ether oxygens (including phenoxy) is 2. The first kappa shape index (κ1) is 21.7. The van der Waals surface area contributed by atoms with Crippen LogP contribution in [0.4, 0.5) is 5.69 Å². The van der Waals surface area contributed by atoms with Gasteiger partial charge in [0, 0.05) is 12.2 Å². The third-order valence-corrected chi connectivity index (χ3v) is 5.00. The van der Waals surface area contributed by atoms with Crippen LogP contribution in [0, 0.1) is 0 Å². The number of nitrogens with two attached hydrogens (primary N) is 1. The van der Waals surface area contributed by atoms with Crippen molar-refractivity contribution in [3.63, 3.8) is 0 Å². The lowest BCUT2D eigenvalue weighted by atomic mass is 10.1. The van der Waals surface area contributed by atoms with Crippen molar-refractivity contribution < 1.29 is 22.7 Å². The van der Waals surface area contributed by atoms with E-state index in [0.717, 1.165) is 12.0 Å². The largest absolute Gasteiger partial charge is 0.493 e. The number of hydrogen-bond acceptors (Lipinski definition) is 6. The summed E-state index contributed by atoms with van der Waals surface area (Å²) in [6.45, 7) is 0.813. The van der Waals surface area contributed by atoms with Crippen LogP contribution in [0.1, 0.15) is 5.56 Å². The molecule has 0 atom stereocenters. The number of hydrogen-bond donors (Lipinski definition) is 2. The zero-order valence-corrected chi connectivity index (χ0v) is 17.0. The van der Waals surface area contributed by atoms with E-state index in [-0.39, 0.29) is 17.3 Å². The Kier molecular flexibility index (Phi) is 7.38. The summed E-state index contributed by atoms with van der Waals surface area (Å²) >= 11 is 0. The quantitative estimate of drug-likeness (QED) is 0.651. The van der Waals surface area contributed by atoms with Gasteiger partial charge in [0.25, 0.3) is 0 Å². The molecule has 0 fully saturated rings. The lowest BCUT2D eigenvalue weighted by Gasteiger charge is -2.17. The maximum absolute atomic E-state index is 12.2. The van der Waals surface area contributed by atoms with Gasteiger partial charge in [0.15, 0.2) is 11.5 Å². The molecule has 0 heterocycles. The second-order valence-corrected chi connectivity index (χ2v) is 7.86. The number of methoxy groups -OCH3 is 2. The fourth-order valence-corrected chi connectivity index (χ4v) is 3.19. The zero-order valence-electron chi connectivity index (χ0n) is 16.1. The second kappa shape index (κ2) is 9.54. The first-order valence-corrected chi connectivity index (χ1v) is 10.1. The fourth-order valence-electron chi connectivity index (χ4n) is 2.63. The summed E-state index contributed by atoms with van der Waals surface area (Å²) in [6, 6.07) is 11.5. The van der Waals surface area contributed by atoms with E-state index >= 15 is 0 Å². The van der Waals surface area contributed by atoms with E-state index in [9.17, 15) is 13.2 Å². The van der Waals surface area contributed by atoms with Gasteiger partial charge in [-0.25, -0.2) is 13.6 Å². The van der Waals surface area contributed by atoms with Crippen molar-refractivity contribution in [2.75, 3.05) is 39.7 Å². The van der Waals surface area contributed by atoms with Crippen LogP contribution in [0.2, 0.25) is 0 Å². The number of nitrogens with zero attached hydrogens (tertiary/aromatic N) is 1. The third-order valence-electron chi connectivity index (χ3n) is 4.09. The van der Waals surface area contributed by atoms with Gasteiger partial charge in [-0.1, -0.05) is 12.1 Å². The molecule has 0 saturated carbocycles. The van der Waals surface area contributed by atoms with E-state index in [4.69, 9.17) is 14.6 Å². The average Bonchev–Trinajstić information content (AvgIpc) is 2.65. The molecule has 0 aliphatic heterocycles. The summed E-state index contributed by atoms with van der Waals surface area (Å²) in [4.78, 5) is 14.0. The molecule has 0 bridgehead atoms. The summed E-state index contributed by atoms with van der Waals surface area (Å²) in [5, 5.41) is 7.79. The monoisotopic (exact) mass is 407 g/mol. The summed E-state index contributed by atoms with van der Waals surface area (Å²) in [5.74, 6) is 1.08. The number of carbonyl (C=O) groups excluding carboxylic acids is 1. The van der Waals surface area contributed by atoms with Crippen LogP contribution in [0.3, 0.4) is 0 Å². The summed E-state index contributed by atoms with van der Waals surface area (Å²) in [7, 11) is 1.19. The van der Waals surface area contributed by atoms with Gasteiger partial charge >= 0.3 is 0 Å². The number of carbonyl (C=O) groups is 1. The van der Waals surface area contributed by atoms with Gasteiger partial charge in [0.2, 0.25) is 15.9 Å². The van der Waals surface area contributed by atoms with Crippen LogP contribution in [0.15, 0.2) is 47.4 Å². The van der Waals surface area contributed by atoms with E-state index < -0.39 is 10.0 Å². The van der Waals surface area contributed by atoms with Crippen molar-refractivity contribution in [1.29, 1.82) is 0 Å². The lowest BCUT2D eigenvalue weighted by molar-refractivity contribution is -0.117. The predicted molar refractivity (Wildman–Crippen MR) is 107 cm³/mol. The molecule has 152 valence electrons. The third kappa shape index (κ3) is 6.22. The smallest absolute Gasteiger partial charge is 0.238 e. The molecule has 3 N–H and O–H groups in total. The molecule has 8 nitrogen and oxygen atoms in total. The van der Waals surface area contributed by atoms with E-state index in [1.807, 2.05) is 30.1 Å². The fraction of sp³-hybridized carbons (Fsp3) is 0.316. The number of anilines is 1. The van der Waals surface area contributed by atoms with E-state index in [1.54, 1.807) is 20.3 Å². The standard InChI is InChI=1S/C19H25N3O5S/c1-22(10-9-14-7-8-17(26-2)18(11-14)27-3)13-19(23)21-15-5-4-6-16(12-15)28(20,24)25/h4-8,11-12H,9-10,13H2,1-3H3,(H,21,23)(H2,20,24,25). The average molecular weight is 407 g/mol. The summed E-state index contributed by atoms with van der Waals surface area (Å²) in [6.07, 6.45) is 0.727. The molecule has 0 saturated heterocycles.